The van der Waals surface area contributed by atoms with E-state index in [1.807, 2.05) is 0 Å². The lowest BCUT2D eigenvalue weighted by molar-refractivity contribution is -0.0000125. The van der Waals surface area contributed by atoms with Crippen LogP contribution in [0.4, 0.5) is 0 Å². The normalized spacial score (nSPS) is 16.1. The fourth-order valence-corrected chi connectivity index (χ4v) is 1.42. The van der Waals surface area contributed by atoms with Crippen LogP contribution in [0.15, 0.2) is 22.8 Å². The molecule has 5 heteroatoms. The maximum absolute atomic E-state index is 11.7. The van der Waals surface area contributed by atoms with Crippen molar-refractivity contribution in [2.45, 2.75) is 0 Å². The first kappa shape index (κ1) is 11.1. The van der Waals surface area contributed by atoms with Gasteiger partial charge in [-0.1, -0.05) is 0 Å². The first-order chi connectivity index (χ1) is 6.38. The van der Waals surface area contributed by atoms with Gasteiger partial charge < -0.3 is 27.0 Å². The number of furan rings is 1. The zero-order valence-corrected chi connectivity index (χ0v) is 8.46. The molecule has 2 heterocycles. The molecule has 1 fully saturated rings. The van der Waals surface area contributed by atoms with E-state index >= 15 is 0 Å². The molecule has 2 rings (SSSR count). The quantitative estimate of drug-likeness (QED) is 0.556. The third-order valence-corrected chi connectivity index (χ3v) is 2.14. The maximum Gasteiger partial charge on any atom is 0.289 e. The van der Waals surface area contributed by atoms with E-state index in [9.17, 15) is 4.79 Å². The Morgan fingerprint density at radius 1 is 1.43 bits per heavy atom. The monoisotopic (exact) mass is 215 g/mol. The largest absolute Gasteiger partial charge is 1.00 e. The fraction of sp³-hybridized carbons (Fsp3) is 0.444. The van der Waals surface area contributed by atoms with E-state index in [-0.39, 0.29) is 18.3 Å². The van der Waals surface area contributed by atoms with E-state index in [4.69, 9.17) is 4.42 Å². The highest BCUT2D eigenvalue weighted by Crippen LogP contribution is 2.05. The third-order valence-electron chi connectivity index (χ3n) is 2.14. The lowest BCUT2D eigenvalue weighted by atomic mass is 10.3. The first-order valence-electron chi connectivity index (χ1n) is 4.41. The molecule has 0 atom stereocenters. The average molecular weight is 216 g/mol. The molecule has 0 bridgehead atoms. The number of halogens is 1. The summed E-state index contributed by atoms with van der Waals surface area (Å²) in [5.41, 5.74) is 0. The summed E-state index contributed by atoms with van der Waals surface area (Å²) in [6.45, 7) is 3.26. The van der Waals surface area contributed by atoms with Crippen molar-refractivity contribution < 1.29 is 21.6 Å². The van der Waals surface area contributed by atoms with Gasteiger partial charge in [0.2, 0.25) is 0 Å². The minimum Gasteiger partial charge on any atom is -1.00 e. The number of nitrogens with zero attached hydrogens (tertiary/aromatic N) is 1. The number of carbonyl (C=O) groups is 1. The molecule has 1 amide bonds. The lowest BCUT2D eigenvalue weighted by Crippen LogP contribution is -3.00. The summed E-state index contributed by atoms with van der Waals surface area (Å²) in [7, 11) is 0. The van der Waals surface area contributed by atoms with Crippen molar-refractivity contribution in [1.29, 1.82) is 0 Å². The van der Waals surface area contributed by atoms with Crippen molar-refractivity contribution in [2.75, 3.05) is 26.2 Å². The average Bonchev–Trinajstić information content (AvgIpc) is 2.71. The molecule has 0 spiro atoms. The number of hydrogen-bond acceptors (Lipinski definition) is 3. The molecule has 0 aliphatic carbocycles. The predicted molar refractivity (Wildman–Crippen MR) is 47.5 cm³/mol. The number of nitrogens with one attached hydrogen (secondary N) is 1. The Morgan fingerprint density at radius 2 is 2.14 bits per heavy atom. The Bertz CT molecular complexity index is 281. The zero-order valence-electron chi connectivity index (χ0n) is 7.70. The van der Waals surface area contributed by atoms with Crippen LogP contribution < -0.4 is 17.7 Å². The van der Waals surface area contributed by atoms with Crippen molar-refractivity contribution in [3.05, 3.63) is 24.2 Å². The molecular weight excluding hydrogens is 204 g/mol. The minimum absolute atomic E-state index is 0. The van der Waals surface area contributed by atoms with Gasteiger partial charge in [-0.25, -0.2) is 0 Å². The molecule has 1 aromatic heterocycles. The van der Waals surface area contributed by atoms with E-state index in [2.05, 4.69) is 5.32 Å². The molecule has 78 valence electrons. The lowest BCUT2D eigenvalue weighted by Gasteiger charge is -2.26. The van der Waals surface area contributed by atoms with Crippen LogP contribution in [-0.2, 0) is 0 Å². The van der Waals surface area contributed by atoms with Gasteiger partial charge in [0, 0.05) is 26.2 Å². The predicted octanol–water partition coefficient (Wildman–Crippen LogP) is -2.67. The summed E-state index contributed by atoms with van der Waals surface area (Å²) in [6, 6.07) is 3.43. The number of amides is 1. The molecule has 0 unspecified atom stereocenters. The SMILES string of the molecule is O=C(c1ccco1)N1CCNCC1.[Cl-]. The molecule has 0 saturated carbocycles. The van der Waals surface area contributed by atoms with Crippen LogP contribution in [0.3, 0.4) is 0 Å². The highest BCUT2D eigenvalue weighted by Gasteiger charge is 2.19. The van der Waals surface area contributed by atoms with Gasteiger partial charge in [-0.05, 0) is 12.1 Å². The van der Waals surface area contributed by atoms with Crippen LogP contribution in [-0.4, -0.2) is 37.0 Å². The molecule has 0 aromatic carbocycles. The second kappa shape index (κ2) is 5.02. The van der Waals surface area contributed by atoms with Crippen LogP contribution in [0.1, 0.15) is 10.6 Å². The Hall–Kier alpha value is -1.00. The summed E-state index contributed by atoms with van der Waals surface area (Å²) >= 11 is 0. The van der Waals surface area contributed by atoms with Crippen LogP contribution in [0.25, 0.3) is 0 Å². The number of hydrogen-bond donors (Lipinski definition) is 1. The van der Waals surface area contributed by atoms with Crippen molar-refractivity contribution in [1.82, 2.24) is 10.2 Å². The van der Waals surface area contributed by atoms with Gasteiger partial charge in [0.05, 0.1) is 6.26 Å². The fourth-order valence-electron chi connectivity index (χ4n) is 1.42. The number of carbonyl (C=O) groups excluding carboxylic acids is 1. The van der Waals surface area contributed by atoms with E-state index in [1.54, 1.807) is 17.0 Å². The molecule has 14 heavy (non-hydrogen) atoms. The minimum atomic E-state index is -0.00787. The summed E-state index contributed by atoms with van der Waals surface area (Å²) in [4.78, 5) is 13.5. The van der Waals surface area contributed by atoms with E-state index in [0.29, 0.717) is 5.76 Å². The highest BCUT2D eigenvalue weighted by molar-refractivity contribution is 5.91. The van der Waals surface area contributed by atoms with E-state index in [0.717, 1.165) is 26.2 Å². The Labute approximate surface area is 88.7 Å². The molecular formula is C9H12ClN2O2-. The van der Waals surface area contributed by atoms with Gasteiger partial charge in [-0.2, -0.15) is 0 Å². The smallest absolute Gasteiger partial charge is 0.289 e. The summed E-state index contributed by atoms with van der Waals surface area (Å²) < 4.78 is 5.04. The standard InChI is InChI=1S/C9H12N2O2.ClH/c12-9(8-2-1-7-13-8)11-5-3-10-4-6-11;/h1-2,7,10H,3-6H2;1H/p-1. The summed E-state index contributed by atoms with van der Waals surface area (Å²) in [5, 5.41) is 3.19. The van der Waals surface area contributed by atoms with Gasteiger partial charge >= 0.3 is 0 Å². The van der Waals surface area contributed by atoms with Gasteiger partial charge in [-0.3, -0.25) is 4.79 Å². The van der Waals surface area contributed by atoms with Crippen molar-refractivity contribution in [3.8, 4) is 0 Å². The van der Waals surface area contributed by atoms with Crippen LogP contribution >= 0.6 is 0 Å². The molecule has 4 nitrogen and oxygen atoms in total. The third kappa shape index (κ3) is 2.27. The molecule has 1 N–H and O–H groups in total. The number of piperazine rings is 1. The van der Waals surface area contributed by atoms with Gasteiger partial charge in [0.15, 0.2) is 5.76 Å². The summed E-state index contributed by atoms with van der Waals surface area (Å²) in [5.74, 6) is 0.424. The first-order valence-corrected chi connectivity index (χ1v) is 4.41. The summed E-state index contributed by atoms with van der Waals surface area (Å²) in [6.07, 6.45) is 1.52. The molecule has 1 aliphatic rings. The van der Waals surface area contributed by atoms with Gasteiger partial charge in [0.1, 0.15) is 0 Å². The second-order valence-corrected chi connectivity index (χ2v) is 3.02. The van der Waals surface area contributed by atoms with E-state index < -0.39 is 0 Å². The second-order valence-electron chi connectivity index (χ2n) is 3.02. The molecule has 0 radical (unpaired) electrons. The van der Waals surface area contributed by atoms with Crippen molar-refractivity contribution >= 4 is 5.91 Å². The van der Waals surface area contributed by atoms with E-state index in [1.165, 1.54) is 6.26 Å². The Morgan fingerprint density at radius 3 is 2.71 bits per heavy atom. The molecule has 1 saturated heterocycles. The van der Waals surface area contributed by atoms with Gasteiger partial charge in [0.25, 0.3) is 5.91 Å². The Kier molecular flexibility index (Phi) is 3.98. The number of rotatable bonds is 1. The van der Waals surface area contributed by atoms with Crippen LogP contribution in [0, 0.1) is 0 Å². The molecule has 1 aromatic rings. The molecule has 1 aliphatic heterocycles. The highest BCUT2D eigenvalue weighted by atomic mass is 35.5. The van der Waals surface area contributed by atoms with Crippen molar-refractivity contribution in [3.63, 3.8) is 0 Å². The maximum atomic E-state index is 11.7. The Balaban J connectivity index is 0.000000980. The van der Waals surface area contributed by atoms with Crippen LogP contribution in [0.2, 0.25) is 0 Å². The topological polar surface area (TPSA) is 45.5 Å². The van der Waals surface area contributed by atoms with Gasteiger partial charge in [-0.15, -0.1) is 0 Å². The zero-order chi connectivity index (χ0) is 9.10. The van der Waals surface area contributed by atoms with Crippen molar-refractivity contribution in [2.24, 2.45) is 0 Å². The van der Waals surface area contributed by atoms with Crippen LogP contribution in [0.5, 0.6) is 0 Å².